The summed E-state index contributed by atoms with van der Waals surface area (Å²) in [6.07, 6.45) is 3.29. The molecular weight excluding hydrogens is 322 g/mol. The van der Waals surface area contributed by atoms with E-state index < -0.39 is 0 Å². The predicted molar refractivity (Wildman–Crippen MR) is 94.0 cm³/mol. The SMILES string of the molecule is C=CCSc1nnc2c(n1)OC(c1ccc[nH]1)Nc1ccccc1-2. The highest BCUT2D eigenvalue weighted by atomic mass is 32.2. The van der Waals surface area contributed by atoms with Crippen LogP contribution in [0.2, 0.25) is 0 Å². The second-order valence-corrected chi connectivity index (χ2v) is 6.15. The van der Waals surface area contributed by atoms with Crippen LogP contribution in [0.25, 0.3) is 11.3 Å². The van der Waals surface area contributed by atoms with Crippen molar-refractivity contribution in [3.8, 4) is 17.1 Å². The number of ether oxygens (including phenoxy) is 1. The second kappa shape index (κ2) is 6.37. The van der Waals surface area contributed by atoms with Crippen LogP contribution >= 0.6 is 11.8 Å². The Hall–Kier alpha value is -2.80. The number of nitrogens with zero attached hydrogens (tertiary/aromatic N) is 3. The highest BCUT2D eigenvalue weighted by Crippen LogP contribution is 2.39. The average Bonchev–Trinajstić information content (AvgIpc) is 3.09. The number of hydrogen-bond donors (Lipinski definition) is 2. The first-order valence-corrected chi connectivity index (χ1v) is 8.48. The van der Waals surface area contributed by atoms with Gasteiger partial charge in [0, 0.05) is 23.2 Å². The van der Waals surface area contributed by atoms with Crippen molar-refractivity contribution < 1.29 is 4.74 Å². The minimum atomic E-state index is -0.378. The Balaban J connectivity index is 1.80. The van der Waals surface area contributed by atoms with E-state index in [2.05, 4.69) is 32.1 Å². The molecule has 2 aromatic heterocycles. The van der Waals surface area contributed by atoms with E-state index in [4.69, 9.17) is 4.74 Å². The van der Waals surface area contributed by atoms with Gasteiger partial charge in [-0.2, -0.15) is 4.98 Å². The molecule has 0 aliphatic carbocycles. The van der Waals surface area contributed by atoms with Crippen LogP contribution in [-0.2, 0) is 0 Å². The van der Waals surface area contributed by atoms with Crippen molar-refractivity contribution in [2.75, 3.05) is 11.1 Å². The van der Waals surface area contributed by atoms with Crippen LogP contribution < -0.4 is 10.1 Å². The van der Waals surface area contributed by atoms with Crippen molar-refractivity contribution in [3.05, 3.63) is 60.9 Å². The quantitative estimate of drug-likeness (QED) is 0.559. The zero-order valence-electron chi connectivity index (χ0n) is 12.8. The van der Waals surface area contributed by atoms with Gasteiger partial charge in [0.25, 0.3) is 0 Å². The van der Waals surface area contributed by atoms with Crippen LogP contribution in [-0.4, -0.2) is 25.9 Å². The van der Waals surface area contributed by atoms with Gasteiger partial charge in [-0.25, -0.2) is 0 Å². The fraction of sp³-hybridized carbons (Fsp3) is 0.118. The number of rotatable bonds is 4. The summed E-state index contributed by atoms with van der Waals surface area (Å²) in [4.78, 5) is 7.71. The lowest BCUT2D eigenvalue weighted by molar-refractivity contribution is 0.221. The highest BCUT2D eigenvalue weighted by molar-refractivity contribution is 7.99. The van der Waals surface area contributed by atoms with Crippen LogP contribution in [0.3, 0.4) is 0 Å². The first-order chi connectivity index (χ1) is 11.8. The van der Waals surface area contributed by atoms with Crippen molar-refractivity contribution in [1.82, 2.24) is 20.2 Å². The van der Waals surface area contributed by atoms with E-state index in [1.54, 1.807) is 6.08 Å². The van der Waals surface area contributed by atoms with Crippen LogP contribution in [0.1, 0.15) is 11.9 Å². The van der Waals surface area contributed by atoms with E-state index in [9.17, 15) is 0 Å². The Morgan fingerprint density at radius 2 is 2.12 bits per heavy atom. The van der Waals surface area contributed by atoms with Crippen LogP contribution in [0.5, 0.6) is 5.88 Å². The molecule has 0 saturated heterocycles. The maximum Gasteiger partial charge on any atom is 0.247 e. The molecule has 0 radical (unpaired) electrons. The molecule has 120 valence electrons. The molecule has 0 bridgehead atoms. The summed E-state index contributed by atoms with van der Waals surface area (Å²) >= 11 is 1.47. The molecule has 2 N–H and O–H groups in total. The Morgan fingerprint density at radius 3 is 2.96 bits per heavy atom. The van der Waals surface area contributed by atoms with Gasteiger partial charge in [0.05, 0.1) is 5.69 Å². The lowest BCUT2D eigenvalue weighted by Crippen LogP contribution is -2.17. The molecule has 3 aromatic rings. The molecule has 0 spiro atoms. The van der Waals surface area contributed by atoms with Crippen LogP contribution in [0.15, 0.2) is 60.4 Å². The third-order valence-corrected chi connectivity index (χ3v) is 4.40. The third kappa shape index (κ3) is 2.74. The topological polar surface area (TPSA) is 75.7 Å². The number of nitrogens with one attached hydrogen (secondary N) is 2. The van der Waals surface area contributed by atoms with Crippen molar-refractivity contribution in [2.45, 2.75) is 11.4 Å². The smallest absolute Gasteiger partial charge is 0.247 e. The highest BCUT2D eigenvalue weighted by Gasteiger charge is 2.26. The second-order valence-electron chi connectivity index (χ2n) is 5.16. The Labute approximate surface area is 143 Å². The number of fused-ring (bicyclic) bond motifs is 3. The van der Waals surface area contributed by atoms with E-state index >= 15 is 0 Å². The third-order valence-electron chi connectivity index (χ3n) is 3.57. The zero-order valence-corrected chi connectivity index (χ0v) is 13.6. The van der Waals surface area contributed by atoms with Crippen LogP contribution in [0.4, 0.5) is 5.69 Å². The number of aromatic nitrogens is 4. The Bertz CT molecular complexity index is 865. The van der Waals surface area contributed by atoms with E-state index in [-0.39, 0.29) is 6.23 Å². The largest absolute Gasteiger partial charge is 0.446 e. The summed E-state index contributed by atoms with van der Waals surface area (Å²) in [6, 6.07) is 11.8. The summed E-state index contributed by atoms with van der Waals surface area (Å²) in [5, 5.41) is 12.5. The molecule has 0 saturated carbocycles. The summed E-state index contributed by atoms with van der Waals surface area (Å²) < 4.78 is 6.11. The van der Waals surface area contributed by atoms with Gasteiger partial charge in [-0.1, -0.05) is 36.0 Å². The number of hydrogen-bond acceptors (Lipinski definition) is 6. The molecule has 1 aliphatic rings. The predicted octanol–water partition coefficient (Wildman–Crippen LogP) is 3.65. The number of aromatic amines is 1. The van der Waals surface area contributed by atoms with Gasteiger partial charge in [0.15, 0.2) is 5.69 Å². The number of H-pyrrole nitrogens is 1. The van der Waals surface area contributed by atoms with Gasteiger partial charge in [0.1, 0.15) is 0 Å². The number of anilines is 1. The molecule has 6 nitrogen and oxygen atoms in total. The fourth-order valence-electron chi connectivity index (χ4n) is 2.49. The van der Waals surface area contributed by atoms with E-state index in [0.29, 0.717) is 16.7 Å². The summed E-state index contributed by atoms with van der Waals surface area (Å²) in [5.41, 5.74) is 3.40. The molecule has 3 heterocycles. The molecule has 1 aliphatic heterocycles. The standard InChI is InChI=1S/C17H15N5OS/c1-2-10-24-17-20-16-14(21-22-17)11-6-3-4-7-12(11)19-15(23-16)13-8-5-9-18-13/h2-9,15,18-19H,1,10H2. The first kappa shape index (κ1) is 14.8. The van der Waals surface area contributed by atoms with Gasteiger partial charge in [0.2, 0.25) is 17.3 Å². The van der Waals surface area contributed by atoms with E-state index in [1.165, 1.54) is 11.8 Å². The van der Waals surface area contributed by atoms with Crippen LogP contribution in [0, 0.1) is 0 Å². The Morgan fingerprint density at radius 1 is 1.21 bits per heavy atom. The minimum absolute atomic E-state index is 0.378. The minimum Gasteiger partial charge on any atom is -0.446 e. The fourth-order valence-corrected chi connectivity index (χ4v) is 3.00. The number of para-hydroxylation sites is 1. The summed E-state index contributed by atoms with van der Waals surface area (Å²) in [6.45, 7) is 3.71. The van der Waals surface area contributed by atoms with E-state index in [0.717, 1.165) is 22.7 Å². The molecule has 7 heteroatoms. The summed E-state index contributed by atoms with van der Waals surface area (Å²) in [5.74, 6) is 1.18. The molecular formula is C17H15N5OS. The normalized spacial score (nSPS) is 15.4. The van der Waals surface area contributed by atoms with Gasteiger partial charge >= 0.3 is 0 Å². The van der Waals surface area contributed by atoms with E-state index in [1.807, 2.05) is 42.6 Å². The maximum atomic E-state index is 6.11. The average molecular weight is 337 g/mol. The molecule has 0 fully saturated rings. The lowest BCUT2D eigenvalue weighted by Gasteiger charge is -2.17. The van der Waals surface area contributed by atoms with Gasteiger partial charge < -0.3 is 15.0 Å². The first-order valence-electron chi connectivity index (χ1n) is 7.49. The monoisotopic (exact) mass is 337 g/mol. The van der Waals surface area contributed by atoms with Crippen molar-refractivity contribution >= 4 is 17.4 Å². The molecule has 4 rings (SSSR count). The van der Waals surface area contributed by atoms with Gasteiger partial charge in [-0.15, -0.1) is 16.8 Å². The molecule has 1 aromatic carbocycles. The summed E-state index contributed by atoms with van der Waals surface area (Å²) in [7, 11) is 0. The van der Waals surface area contributed by atoms with Crippen molar-refractivity contribution in [3.63, 3.8) is 0 Å². The maximum absolute atomic E-state index is 6.11. The lowest BCUT2D eigenvalue weighted by atomic mass is 10.1. The number of benzene rings is 1. The number of thioether (sulfide) groups is 1. The van der Waals surface area contributed by atoms with Gasteiger partial charge in [-0.3, -0.25) is 0 Å². The van der Waals surface area contributed by atoms with Gasteiger partial charge in [-0.05, 0) is 18.2 Å². The van der Waals surface area contributed by atoms with Crippen molar-refractivity contribution in [1.29, 1.82) is 0 Å². The Kier molecular flexibility index (Phi) is 3.92. The molecule has 0 amide bonds. The molecule has 1 unspecified atom stereocenters. The zero-order chi connectivity index (χ0) is 16.4. The van der Waals surface area contributed by atoms with Crippen molar-refractivity contribution in [2.24, 2.45) is 0 Å². The molecule has 24 heavy (non-hydrogen) atoms. The molecule has 1 atom stereocenters.